The number of hydrogen-bond donors (Lipinski definition) is 3. The zero-order valence-corrected chi connectivity index (χ0v) is 12.1. The maximum atomic E-state index is 12.6. The van der Waals surface area contributed by atoms with E-state index in [-0.39, 0.29) is 18.3 Å². The Kier molecular flexibility index (Phi) is 4.77. The molecule has 0 atom stereocenters. The molecule has 0 unspecified atom stereocenters. The summed E-state index contributed by atoms with van der Waals surface area (Å²) in [6.45, 7) is 1.85. The fraction of sp³-hybridized carbons (Fsp3) is 0.692. The summed E-state index contributed by atoms with van der Waals surface area (Å²) < 4.78 is 4.86. The van der Waals surface area contributed by atoms with Crippen LogP contribution in [0.3, 0.4) is 0 Å². The topological polar surface area (TPSA) is 127 Å². The van der Waals surface area contributed by atoms with Crippen LogP contribution in [-0.2, 0) is 11.3 Å². The molecule has 0 spiro atoms. The predicted molar refractivity (Wildman–Crippen MR) is 74.4 cm³/mol. The molecule has 1 fully saturated rings. The molecule has 0 radical (unpaired) electrons. The zero-order valence-electron chi connectivity index (χ0n) is 12.1. The van der Waals surface area contributed by atoms with E-state index in [1.807, 2.05) is 0 Å². The smallest absolute Gasteiger partial charge is 0.234 e. The number of rotatable bonds is 4. The van der Waals surface area contributed by atoms with Gasteiger partial charge in [0.1, 0.15) is 5.41 Å². The number of nitrogens with one attached hydrogen (secondary N) is 1. The fourth-order valence-electron chi connectivity index (χ4n) is 2.77. The third kappa shape index (κ3) is 3.32. The number of aryl methyl sites for hydroxylation is 1. The number of carbonyl (C=O) groups is 1. The highest BCUT2D eigenvalue weighted by Crippen LogP contribution is 2.35. The monoisotopic (exact) mass is 295 g/mol. The van der Waals surface area contributed by atoms with Gasteiger partial charge < -0.3 is 20.8 Å². The van der Waals surface area contributed by atoms with Gasteiger partial charge in [-0.05, 0) is 12.8 Å². The number of amidine groups is 1. The number of nitrogens with zero attached hydrogens (tertiary/aromatic N) is 3. The van der Waals surface area contributed by atoms with Gasteiger partial charge in [-0.1, -0.05) is 36.0 Å². The molecule has 8 nitrogen and oxygen atoms in total. The molecule has 0 aliphatic heterocycles. The second kappa shape index (κ2) is 6.55. The Bertz CT molecular complexity index is 518. The number of amides is 1. The number of carbonyl (C=O) groups excluding carboxylic acids is 1. The maximum Gasteiger partial charge on any atom is 0.234 e. The van der Waals surface area contributed by atoms with E-state index in [1.54, 1.807) is 6.92 Å². The van der Waals surface area contributed by atoms with Crippen LogP contribution in [0.15, 0.2) is 9.68 Å². The van der Waals surface area contributed by atoms with Crippen LogP contribution in [0.4, 0.5) is 0 Å². The Hall–Kier alpha value is -2.12. The molecule has 0 bridgehead atoms. The molecule has 116 valence electrons. The normalized spacial score (nSPS) is 19.0. The van der Waals surface area contributed by atoms with E-state index in [0.29, 0.717) is 24.6 Å². The summed E-state index contributed by atoms with van der Waals surface area (Å²) >= 11 is 0. The molecule has 1 heterocycles. The van der Waals surface area contributed by atoms with Gasteiger partial charge in [0.05, 0.1) is 6.54 Å². The Morgan fingerprint density at radius 1 is 1.43 bits per heavy atom. The van der Waals surface area contributed by atoms with Crippen LogP contribution < -0.4 is 11.1 Å². The van der Waals surface area contributed by atoms with Crippen LogP contribution in [0, 0.1) is 12.3 Å². The SMILES string of the molecule is Cc1nc(CNC(=O)C2(C(N)=NO)CCCCCC2)no1. The lowest BCUT2D eigenvalue weighted by molar-refractivity contribution is -0.128. The molecule has 8 heteroatoms. The maximum absolute atomic E-state index is 12.6. The Labute approximate surface area is 122 Å². The van der Waals surface area contributed by atoms with Crippen molar-refractivity contribution in [3.63, 3.8) is 0 Å². The Morgan fingerprint density at radius 2 is 2.10 bits per heavy atom. The van der Waals surface area contributed by atoms with Crippen molar-refractivity contribution >= 4 is 11.7 Å². The largest absolute Gasteiger partial charge is 0.409 e. The van der Waals surface area contributed by atoms with E-state index in [2.05, 4.69) is 20.6 Å². The van der Waals surface area contributed by atoms with Crippen molar-refractivity contribution in [1.82, 2.24) is 15.5 Å². The number of aromatic nitrogens is 2. The molecule has 0 saturated heterocycles. The molecule has 1 aromatic rings. The van der Waals surface area contributed by atoms with Crippen LogP contribution >= 0.6 is 0 Å². The van der Waals surface area contributed by atoms with Gasteiger partial charge in [0, 0.05) is 6.92 Å². The molecule has 1 saturated carbocycles. The van der Waals surface area contributed by atoms with Crippen molar-refractivity contribution in [3.8, 4) is 0 Å². The lowest BCUT2D eigenvalue weighted by Crippen LogP contribution is -2.49. The van der Waals surface area contributed by atoms with Gasteiger partial charge in [0.15, 0.2) is 11.7 Å². The van der Waals surface area contributed by atoms with Gasteiger partial charge in [-0.2, -0.15) is 4.98 Å². The van der Waals surface area contributed by atoms with Gasteiger partial charge >= 0.3 is 0 Å². The molecule has 1 aromatic heterocycles. The minimum atomic E-state index is -0.940. The Balaban J connectivity index is 2.10. The number of oxime groups is 1. The van der Waals surface area contributed by atoms with E-state index in [0.717, 1.165) is 25.7 Å². The predicted octanol–water partition coefficient (Wildman–Crippen LogP) is 1.08. The van der Waals surface area contributed by atoms with Crippen molar-refractivity contribution in [1.29, 1.82) is 0 Å². The van der Waals surface area contributed by atoms with Crippen molar-refractivity contribution in [2.24, 2.45) is 16.3 Å². The molecule has 1 amide bonds. The number of hydrogen-bond acceptors (Lipinski definition) is 6. The van der Waals surface area contributed by atoms with E-state index < -0.39 is 5.41 Å². The lowest BCUT2D eigenvalue weighted by Gasteiger charge is -2.29. The van der Waals surface area contributed by atoms with E-state index in [9.17, 15) is 4.79 Å². The zero-order chi connectivity index (χ0) is 15.3. The van der Waals surface area contributed by atoms with Gasteiger partial charge in [-0.25, -0.2) is 0 Å². The highest BCUT2D eigenvalue weighted by Gasteiger charge is 2.42. The highest BCUT2D eigenvalue weighted by molar-refractivity contribution is 6.06. The summed E-state index contributed by atoms with van der Waals surface area (Å²) in [6.07, 6.45) is 5.03. The average molecular weight is 295 g/mol. The fourth-order valence-corrected chi connectivity index (χ4v) is 2.77. The van der Waals surface area contributed by atoms with Crippen LogP contribution in [0.5, 0.6) is 0 Å². The van der Waals surface area contributed by atoms with Crippen molar-refractivity contribution in [2.45, 2.75) is 52.0 Å². The van der Waals surface area contributed by atoms with Gasteiger partial charge in [0.2, 0.25) is 11.8 Å². The molecule has 2 rings (SSSR count). The quantitative estimate of drug-likeness (QED) is 0.251. The standard InChI is InChI=1S/C13H21N5O3/c1-9-16-10(18-21-9)8-15-12(19)13(11(14)17-20)6-4-2-3-5-7-13/h20H,2-8H2,1H3,(H2,14,17)(H,15,19). The molecule has 1 aliphatic carbocycles. The third-order valence-electron chi connectivity index (χ3n) is 3.97. The van der Waals surface area contributed by atoms with E-state index in [4.69, 9.17) is 15.5 Å². The molecule has 1 aliphatic rings. The summed E-state index contributed by atoms with van der Waals surface area (Å²) in [5.74, 6) is 0.581. The minimum absolute atomic E-state index is 0.0220. The second-order valence-corrected chi connectivity index (χ2v) is 5.39. The first kappa shape index (κ1) is 15.3. The summed E-state index contributed by atoms with van der Waals surface area (Å²) in [4.78, 5) is 16.6. The van der Waals surface area contributed by atoms with Gasteiger partial charge in [0.25, 0.3) is 0 Å². The van der Waals surface area contributed by atoms with Crippen molar-refractivity contribution in [2.75, 3.05) is 0 Å². The van der Waals surface area contributed by atoms with Gasteiger partial charge in [-0.3, -0.25) is 4.79 Å². The first-order valence-corrected chi connectivity index (χ1v) is 7.14. The summed E-state index contributed by atoms with van der Waals surface area (Å²) in [7, 11) is 0. The first-order chi connectivity index (χ1) is 10.1. The first-order valence-electron chi connectivity index (χ1n) is 7.14. The van der Waals surface area contributed by atoms with E-state index >= 15 is 0 Å². The second-order valence-electron chi connectivity index (χ2n) is 5.39. The molecular formula is C13H21N5O3. The van der Waals surface area contributed by atoms with Crippen molar-refractivity contribution in [3.05, 3.63) is 11.7 Å². The summed E-state index contributed by atoms with van der Waals surface area (Å²) in [5.41, 5.74) is 4.88. The molecular weight excluding hydrogens is 274 g/mol. The van der Waals surface area contributed by atoms with Crippen molar-refractivity contribution < 1.29 is 14.5 Å². The van der Waals surface area contributed by atoms with E-state index in [1.165, 1.54) is 0 Å². The van der Waals surface area contributed by atoms with Crippen LogP contribution in [-0.4, -0.2) is 27.1 Å². The molecule has 21 heavy (non-hydrogen) atoms. The molecule has 4 N–H and O–H groups in total. The third-order valence-corrected chi connectivity index (χ3v) is 3.97. The van der Waals surface area contributed by atoms with Crippen LogP contribution in [0.2, 0.25) is 0 Å². The lowest BCUT2D eigenvalue weighted by atomic mass is 9.78. The average Bonchev–Trinajstić information content (AvgIpc) is 2.76. The van der Waals surface area contributed by atoms with Crippen LogP contribution in [0.25, 0.3) is 0 Å². The van der Waals surface area contributed by atoms with Crippen LogP contribution in [0.1, 0.15) is 50.2 Å². The van der Waals surface area contributed by atoms with Gasteiger partial charge in [-0.15, -0.1) is 0 Å². The Morgan fingerprint density at radius 3 is 2.62 bits per heavy atom. The minimum Gasteiger partial charge on any atom is -0.409 e. The summed E-state index contributed by atoms with van der Waals surface area (Å²) in [6, 6.07) is 0. The number of nitrogens with two attached hydrogens (primary N) is 1. The molecule has 0 aromatic carbocycles. The highest BCUT2D eigenvalue weighted by atomic mass is 16.5. The summed E-state index contributed by atoms with van der Waals surface area (Å²) in [5, 5.41) is 18.6.